The van der Waals surface area contributed by atoms with Crippen LogP contribution in [0.2, 0.25) is 0 Å². The topological polar surface area (TPSA) is 142 Å². The van der Waals surface area contributed by atoms with Crippen molar-refractivity contribution in [1.29, 1.82) is 0 Å². The summed E-state index contributed by atoms with van der Waals surface area (Å²) in [6, 6.07) is 7.90. The second-order valence-electron chi connectivity index (χ2n) is 7.60. The van der Waals surface area contributed by atoms with Crippen LogP contribution in [-0.2, 0) is 0 Å². The van der Waals surface area contributed by atoms with Gasteiger partial charge in [0.25, 0.3) is 5.91 Å². The van der Waals surface area contributed by atoms with E-state index in [0.717, 1.165) is 12.8 Å². The molecule has 10 heteroatoms. The number of amides is 3. The highest BCUT2D eigenvalue weighted by Gasteiger charge is 2.24. The Balaban J connectivity index is 1.42. The highest BCUT2D eigenvalue weighted by molar-refractivity contribution is 6.16. The summed E-state index contributed by atoms with van der Waals surface area (Å²) >= 11 is 0. The Morgan fingerprint density at radius 2 is 1.72 bits per heavy atom. The number of carboxylic acids is 1. The van der Waals surface area contributed by atoms with Gasteiger partial charge in [-0.1, -0.05) is 12.1 Å². The molecule has 3 amide bonds. The van der Waals surface area contributed by atoms with E-state index in [0.29, 0.717) is 46.9 Å². The van der Waals surface area contributed by atoms with Gasteiger partial charge in [-0.3, -0.25) is 4.79 Å². The van der Waals surface area contributed by atoms with E-state index in [4.69, 9.17) is 9.47 Å². The molecule has 1 aromatic heterocycles. The molecular formula is C22H20N4O6. The van der Waals surface area contributed by atoms with Crippen LogP contribution in [0.5, 0.6) is 11.5 Å². The zero-order chi connectivity index (χ0) is 22.2. The van der Waals surface area contributed by atoms with Crippen LogP contribution >= 0.6 is 0 Å². The van der Waals surface area contributed by atoms with Gasteiger partial charge in [-0.25, -0.2) is 9.59 Å². The largest absolute Gasteiger partial charge is 0.486 e. The summed E-state index contributed by atoms with van der Waals surface area (Å²) in [6.07, 6.45) is 3.47. The number of fused-ring (bicyclic) bond motifs is 2. The molecule has 5 rings (SSSR count). The van der Waals surface area contributed by atoms with E-state index in [1.807, 2.05) is 0 Å². The minimum absolute atomic E-state index is 0.0965. The van der Waals surface area contributed by atoms with Crippen LogP contribution in [-0.4, -0.2) is 47.3 Å². The maximum absolute atomic E-state index is 13.0. The van der Waals surface area contributed by atoms with Crippen molar-refractivity contribution in [2.75, 3.05) is 23.8 Å². The van der Waals surface area contributed by atoms with E-state index in [9.17, 15) is 19.5 Å². The number of hydrogen-bond acceptors (Lipinski definition) is 5. The zero-order valence-corrected chi connectivity index (χ0v) is 16.9. The second kappa shape index (κ2) is 7.80. The van der Waals surface area contributed by atoms with Gasteiger partial charge in [-0.2, -0.15) is 0 Å². The molecule has 1 saturated carbocycles. The Labute approximate surface area is 181 Å². The lowest BCUT2D eigenvalue weighted by Gasteiger charge is -2.20. The van der Waals surface area contributed by atoms with Crippen molar-refractivity contribution in [2.45, 2.75) is 18.9 Å². The minimum atomic E-state index is -1.20. The van der Waals surface area contributed by atoms with E-state index in [-0.39, 0.29) is 23.3 Å². The Kier molecular flexibility index (Phi) is 4.81. The molecule has 0 bridgehead atoms. The first-order valence-electron chi connectivity index (χ1n) is 10.2. The molecule has 32 heavy (non-hydrogen) atoms. The van der Waals surface area contributed by atoms with Crippen molar-refractivity contribution in [3.63, 3.8) is 0 Å². The zero-order valence-electron chi connectivity index (χ0n) is 16.9. The van der Waals surface area contributed by atoms with Gasteiger partial charge >= 0.3 is 12.0 Å². The molecule has 5 N–H and O–H groups in total. The maximum Gasteiger partial charge on any atom is 0.337 e. The third-order valence-corrected chi connectivity index (χ3v) is 5.28. The van der Waals surface area contributed by atoms with Crippen molar-refractivity contribution < 1.29 is 29.0 Å². The average Bonchev–Trinajstić information content (AvgIpc) is 3.47. The molecule has 10 nitrogen and oxygen atoms in total. The van der Waals surface area contributed by atoms with Crippen LogP contribution in [0.3, 0.4) is 0 Å². The van der Waals surface area contributed by atoms with Gasteiger partial charge in [-0.15, -0.1) is 0 Å². The summed E-state index contributed by atoms with van der Waals surface area (Å²) < 4.78 is 10.9. The summed E-state index contributed by atoms with van der Waals surface area (Å²) in [7, 11) is 0. The van der Waals surface area contributed by atoms with Gasteiger partial charge in [0.2, 0.25) is 0 Å². The molecule has 1 aliphatic carbocycles. The number of rotatable bonds is 5. The number of hydrogen-bond donors (Lipinski definition) is 5. The quantitative estimate of drug-likeness (QED) is 0.416. The predicted octanol–water partition coefficient (Wildman–Crippen LogP) is 3.17. The van der Waals surface area contributed by atoms with E-state index < -0.39 is 11.9 Å². The van der Waals surface area contributed by atoms with Crippen LogP contribution in [0.25, 0.3) is 10.9 Å². The monoisotopic (exact) mass is 436 g/mol. The summed E-state index contributed by atoms with van der Waals surface area (Å²) in [5.41, 5.74) is 1.41. The fourth-order valence-corrected chi connectivity index (χ4v) is 3.58. The number of aromatic carboxylic acids is 1. The minimum Gasteiger partial charge on any atom is -0.486 e. The molecule has 0 unspecified atom stereocenters. The number of urea groups is 1. The molecule has 2 aliphatic rings. The molecule has 0 saturated heterocycles. The lowest BCUT2D eigenvalue weighted by Crippen LogP contribution is -2.30. The molecule has 0 atom stereocenters. The van der Waals surface area contributed by atoms with Gasteiger partial charge < -0.3 is 35.5 Å². The van der Waals surface area contributed by atoms with E-state index in [1.165, 1.54) is 18.3 Å². The van der Waals surface area contributed by atoms with Crippen LogP contribution in [0, 0.1) is 0 Å². The Bertz CT molecular complexity index is 1250. The number of carbonyl (C=O) groups excluding carboxylic acids is 2. The standard InChI is InChI=1S/C22H20N4O6/c27-20(25-16-9-18-17(31-6-7-32-18)8-13(16)21(28)29)14-10-23-19-12(14)2-1-3-15(19)26-22(30)24-11-4-5-11/h1-3,8-11,23H,4-7H2,(H,25,27)(H,28,29)(H2,24,26,30). The average molecular weight is 436 g/mol. The SMILES string of the molecule is O=C(Nc1cccc2c(C(=O)Nc3cc4c(cc3C(=O)O)OCCO4)c[nH]c12)NC1CC1. The van der Waals surface area contributed by atoms with Gasteiger partial charge in [0, 0.05) is 29.8 Å². The normalized spacial score (nSPS) is 14.6. The van der Waals surface area contributed by atoms with Crippen LogP contribution in [0.4, 0.5) is 16.2 Å². The van der Waals surface area contributed by atoms with Crippen molar-refractivity contribution in [1.82, 2.24) is 10.3 Å². The second-order valence-corrected chi connectivity index (χ2v) is 7.60. The molecule has 2 heterocycles. The fraction of sp³-hybridized carbons (Fsp3) is 0.227. The van der Waals surface area contributed by atoms with Crippen molar-refractivity contribution in [2.24, 2.45) is 0 Å². The molecule has 1 aliphatic heterocycles. The van der Waals surface area contributed by atoms with Crippen LogP contribution in [0.15, 0.2) is 36.5 Å². The number of aromatic amines is 1. The van der Waals surface area contributed by atoms with E-state index >= 15 is 0 Å². The Hall–Kier alpha value is -4.21. The van der Waals surface area contributed by atoms with Crippen LogP contribution < -0.4 is 25.4 Å². The summed E-state index contributed by atoms with van der Waals surface area (Å²) in [6.45, 7) is 0.654. The van der Waals surface area contributed by atoms with E-state index in [1.54, 1.807) is 18.2 Å². The Morgan fingerprint density at radius 3 is 2.44 bits per heavy atom. The maximum atomic E-state index is 13.0. The Morgan fingerprint density at radius 1 is 0.969 bits per heavy atom. The molecule has 2 aromatic carbocycles. The first kappa shape index (κ1) is 19.7. The smallest absolute Gasteiger partial charge is 0.337 e. The number of anilines is 2. The first-order valence-corrected chi connectivity index (χ1v) is 10.2. The van der Waals surface area contributed by atoms with Gasteiger partial charge in [0.1, 0.15) is 13.2 Å². The highest BCUT2D eigenvalue weighted by atomic mass is 16.6. The molecule has 1 fully saturated rings. The highest BCUT2D eigenvalue weighted by Crippen LogP contribution is 2.36. The lowest BCUT2D eigenvalue weighted by atomic mass is 10.1. The fourth-order valence-electron chi connectivity index (χ4n) is 3.58. The van der Waals surface area contributed by atoms with Gasteiger partial charge in [0.05, 0.1) is 28.0 Å². The molecule has 0 spiro atoms. The summed E-state index contributed by atoms with van der Waals surface area (Å²) in [5.74, 6) is -1.03. The third kappa shape index (κ3) is 3.78. The number of benzene rings is 2. The number of carbonyl (C=O) groups is 3. The molecule has 164 valence electrons. The number of ether oxygens (including phenoxy) is 2. The number of para-hydroxylation sites is 1. The lowest BCUT2D eigenvalue weighted by molar-refractivity contribution is 0.0697. The number of nitrogens with one attached hydrogen (secondary N) is 4. The third-order valence-electron chi connectivity index (χ3n) is 5.28. The number of H-pyrrole nitrogens is 1. The molecular weight excluding hydrogens is 416 g/mol. The number of carboxylic acid groups (broad SMARTS) is 1. The van der Waals surface area contributed by atoms with Crippen molar-refractivity contribution in [3.05, 3.63) is 47.7 Å². The summed E-state index contributed by atoms with van der Waals surface area (Å²) in [5, 5.41) is 18.5. The summed E-state index contributed by atoms with van der Waals surface area (Å²) in [4.78, 5) is 39.9. The predicted molar refractivity (Wildman–Crippen MR) is 116 cm³/mol. The first-order chi connectivity index (χ1) is 15.5. The van der Waals surface area contributed by atoms with Gasteiger partial charge in [-0.05, 0) is 18.9 Å². The van der Waals surface area contributed by atoms with Gasteiger partial charge in [0.15, 0.2) is 11.5 Å². The van der Waals surface area contributed by atoms with Crippen molar-refractivity contribution in [3.8, 4) is 11.5 Å². The van der Waals surface area contributed by atoms with Crippen molar-refractivity contribution >= 4 is 40.2 Å². The molecule has 3 aromatic rings. The van der Waals surface area contributed by atoms with Crippen LogP contribution in [0.1, 0.15) is 33.6 Å². The van der Waals surface area contributed by atoms with E-state index in [2.05, 4.69) is 20.9 Å². The molecule has 0 radical (unpaired) electrons. The number of aromatic nitrogens is 1.